The van der Waals surface area contributed by atoms with Gasteiger partial charge in [0.05, 0.1) is 30.8 Å². The molecule has 0 aliphatic rings. The van der Waals surface area contributed by atoms with Crippen molar-refractivity contribution in [3.8, 4) is 11.5 Å². The highest BCUT2D eigenvalue weighted by molar-refractivity contribution is 7.92. The summed E-state index contributed by atoms with van der Waals surface area (Å²) in [6.07, 6.45) is 0.671. The van der Waals surface area contributed by atoms with Crippen molar-refractivity contribution >= 4 is 33.2 Å². The average molecular weight is 531 g/mol. The lowest BCUT2D eigenvalue weighted by molar-refractivity contribution is -0.120. The zero-order valence-electron chi connectivity index (χ0n) is 20.8. The Kier molecular flexibility index (Phi) is 9.23. The van der Waals surface area contributed by atoms with Gasteiger partial charge in [-0.1, -0.05) is 55.8 Å². The van der Waals surface area contributed by atoms with Crippen molar-refractivity contribution in [1.29, 1.82) is 0 Å². The lowest BCUT2D eigenvalue weighted by Crippen LogP contribution is -2.42. The normalized spacial score (nSPS) is 12.2. The Morgan fingerprint density at radius 3 is 2.22 bits per heavy atom. The van der Waals surface area contributed by atoms with Crippen LogP contribution in [0.3, 0.4) is 0 Å². The van der Waals surface area contributed by atoms with Crippen molar-refractivity contribution in [2.45, 2.75) is 31.2 Å². The van der Waals surface area contributed by atoms with Gasteiger partial charge in [-0.2, -0.15) is 0 Å². The molecule has 0 bridgehead atoms. The third-order valence-electron chi connectivity index (χ3n) is 5.59. The first-order valence-corrected chi connectivity index (χ1v) is 13.3. The minimum atomic E-state index is -4.11. The van der Waals surface area contributed by atoms with Gasteiger partial charge < -0.3 is 14.8 Å². The molecule has 0 radical (unpaired) electrons. The molecular formula is C27H31ClN2O5S. The molecule has 0 aromatic heterocycles. The lowest BCUT2D eigenvalue weighted by Gasteiger charge is -2.27. The van der Waals surface area contributed by atoms with Gasteiger partial charge in [-0.15, -0.1) is 0 Å². The minimum Gasteiger partial charge on any atom is -0.497 e. The molecule has 0 aliphatic heterocycles. The Morgan fingerprint density at radius 2 is 1.64 bits per heavy atom. The number of hydrogen-bond acceptors (Lipinski definition) is 5. The monoisotopic (exact) mass is 530 g/mol. The SMILES string of the molecule is COc1ccc([C@@H](CC(C)C)NC(=O)CN(c2cc(Cl)ccc2OC)S(=O)(=O)c2ccccc2)cc1. The summed E-state index contributed by atoms with van der Waals surface area (Å²) in [5, 5.41) is 3.33. The molecule has 0 spiro atoms. The summed E-state index contributed by atoms with van der Waals surface area (Å²) in [4.78, 5) is 13.4. The molecule has 1 amide bonds. The Morgan fingerprint density at radius 1 is 0.972 bits per heavy atom. The second-order valence-electron chi connectivity index (χ2n) is 8.66. The second-order valence-corrected chi connectivity index (χ2v) is 11.0. The van der Waals surface area contributed by atoms with Crippen LogP contribution < -0.4 is 19.1 Å². The summed E-state index contributed by atoms with van der Waals surface area (Å²) in [6.45, 7) is 3.66. The number of nitrogens with zero attached hydrogens (tertiary/aromatic N) is 1. The molecular weight excluding hydrogens is 500 g/mol. The van der Waals surface area contributed by atoms with E-state index in [-0.39, 0.29) is 28.3 Å². The van der Waals surface area contributed by atoms with Gasteiger partial charge in [-0.3, -0.25) is 9.10 Å². The number of rotatable bonds is 11. The number of methoxy groups -OCH3 is 2. The van der Waals surface area contributed by atoms with Gasteiger partial charge in [0.25, 0.3) is 10.0 Å². The Labute approximate surface area is 218 Å². The van der Waals surface area contributed by atoms with E-state index in [4.69, 9.17) is 21.1 Å². The van der Waals surface area contributed by atoms with Gasteiger partial charge in [0.2, 0.25) is 5.91 Å². The molecule has 1 atom stereocenters. The topological polar surface area (TPSA) is 84.9 Å². The molecule has 0 aliphatic carbocycles. The van der Waals surface area contributed by atoms with Crippen LogP contribution in [0.5, 0.6) is 11.5 Å². The van der Waals surface area contributed by atoms with E-state index in [9.17, 15) is 13.2 Å². The van der Waals surface area contributed by atoms with E-state index >= 15 is 0 Å². The number of halogens is 1. The van der Waals surface area contributed by atoms with Gasteiger partial charge in [0, 0.05) is 5.02 Å². The summed E-state index contributed by atoms with van der Waals surface area (Å²) in [6, 6.07) is 19.7. The zero-order chi connectivity index (χ0) is 26.3. The Hall–Kier alpha value is -3.23. The molecule has 0 fully saturated rings. The lowest BCUT2D eigenvalue weighted by atomic mass is 9.97. The standard InChI is InChI=1S/C27H31ClN2O5S/c1-19(2)16-24(20-10-13-22(34-3)14-11-20)29-27(31)18-30(25-17-21(28)12-15-26(25)35-4)36(32,33)23-8-6-5-7-9-23/h5-15,17,19,24H,16,18H2,1-4H3,(H,29,31)/t24-/m1/s1. The summed E-state index contributed by atoms with van der Waals surface area (Å²) in [5.41, 5.74) is 1.07. The van der Waals surface area contributed by atoms with E-state index in [2.05, 4.69) is 19.2 Å². The van der Waals surface area contributed by atoms with Gasteiger partial charge in [0.1, 0.15) is 18.0 Å². The van der Waals surface area contributed by atoms with Crippen LogP contribution in [0.1, 0.15) is 31.9 Å². The zero-order valence-corrected chi connectivity index (χ0v) is 22.3. The largest absolute Gasteiger partial charge is 0.497 e. The molecule has 0 heterocycles. The van der Waals surface area contributed by atoms with E-state index < -0.39 is 22.5 Å². The predicted molar refractivity (Wildman–Crippen MR) is 142 cm³/mol. The fourth-order valence-corrected chi connectivity index (χ4v) is 5.44. The smallest absolute Gasteiger partial charge is 0.264 e. The van der Waals surface area contributed by atoms with Crippen molar-refractivity contribution in [3.05, 3.63) is 83.4 Å². The molecule has 0 saturated carbocycles. The second kappa shape index (κ2) is 12.1. The third-order valence-corrected chi connectivity index (χ3v) is 7.60. The highest BCUT2D eigenvalue weighted by atomic mass is 35.5. The van der Waals surface area contributed by atoms with Crippen LogP contribution in [0, 0.1) is 5.92 Å². The van der Waals surface area contributed by atoms with E-state index in [1.54, 1.807) is 37.4 Å². The summed E-state index contributed by atoms with van der Waals surface area (Å²) in [7, 11) is -1.09. The van der Waals surface area contributed by atoms with Gasteiger partial charge >= 0.3 is 0 Å². The van der Waals surface area contributed by atoms with E-state index in [1.807, 2.05) is 24.3 Å². The first kappa shape index (κ1) is 27.4. The van der Waals surface area contributed by atoms with Gasteiger partial charge in [0.15, 0.2) is 0 Å². The number of hydrogen-bond donors (Lipinski definition) is 1. The molecule has 0 saturated heterocycles. The number of sulfonamides is 1. The summed E-state index contributed by atoms with van der Waals surface area (Å²) < 4.78 is 39.1. The predicted octanol–water partition coefficient (Wildman–Crippen LogP) is 5.46. The van der Waals surface area contributed by atoms with Crippen molar-refractivity contribution in [2.75, 3.05) is 25.1 Å². The number of carbonyl (C=O) groups is 1. The molecule has 3 aromatic carbocycles. The number of nitrogens with one attached hydrogen (secondary N) is 1. The quantitative estimate of drug-likeness (QED) is 0.356. The average Bonchev–Trinajstić information content (AvgIpc) is 2.87. The molecule has 9 heteroatoms. The fourth-order valence-electron chi connectivity index (χ4n) is 3.83. The molecule has 192 valence electrons. The van der Waals surface area contributed by atoms with Crippen LogP contribution >= 0.6 is 11.6 Å². The molecule has 1 N–H and O–H groups in total. The van der Waals surface area contributed by atoms with E-state index in [0.29, 0.717) is 17.2 Å². The summed E-state index contributed by atoms with van der Waals surface area (Å²) in [5.74, 6) is 0.815. The van der Waals surface area contributed by atoms with Crippen LogP contribution in [0.15, 0.2) is 77.7 Å². The third kappa shape index (κ3) is 6.71. The van der Waals surface area contributed by atoms with Crippen LogP contribution in [0.4, 0.5) is 5.69 Å². The molecule has 3 rings (SSSR count). The first-order valence-electron chi connectivity index (χ1n) is 11.5. The maximum absolute atomic E-state index is 13.7. The number of carbonyl (C=O) groups excluding carboxylic acids is 1. The number of benzene rings is 3. The highest BCUT2D eigenvalue weighted by Crippen LogP contribution is 2.35. The van der Waals surface area contributed by atoms with Crippen LogP contribution in [-0.4, -0.2) is 35.1 Å². The van der Waals surface area contributed by atoms with E-state index in [0.717, 1.165) is 9.87 Å². The first-order chi connectivity index (χ1) is 17.1. The van der Waals surface area contributed by atoms with Crippen LogP contribution in [0.25, 0.3) is 0 Å². The minimum absolute atomic E-state index is 0.0497. The molecule has 3 aromatic rings. The Balaban J connectivity index is 1.97. The fraction of sp³-hybridized carbons (Fsp3) is 0.296. The number of anilines is 1. The highest BCUT2D eigenvalue weighted by Gasteiger charge is 2.30. The van der Waals surface area contributed by atoms with Gasteiger partial charge in [-0.05, 0) is 60.4 Å². The molecule has 7 nitrogen and oxygen atoms in total. The number of ether oxygens (including phenoxy) is 2. The maximum atomic E-state index is 13.7. The van der Waals surface area contributed by atoms with Crippen LogP contribution in [0.2, 0.25) is 5.02 Å². The Bertz CT molecular complexity index is 1270. The number of amides is 1. The van der Waals surface area contributed by atoms with Crippen molar-refractivity contribution < 1.29 is 22.7 Å². The summed E-state index contributed by atoms with van der Waals surface area (Å²) >= 11 is 6.21. The maximum Gasteiger partial charge on any atom is 0.264 e. The molecule has 36 heavy (non-hydrogen) atoms. The van der Waals surface area contributed by atoms with Crippen LogP contribution in [-0.2, 0) is 14.8 Å². The van der Waals surface area contributed by atoms with Crippen molar-refractivity contribution in [1.82, 2.24) is 5.32 Å². The van der Waals surface area contributed by atoms with Gasteiger partial charge in [-0.25, -0.2) is 8.42 Å². The van der Waals surface area contributed by atoms with E-state index in [1.165, 1.54) is 25.3 Å². The van der Waals surface area contributed by atoms with Crippen molar-refractivity contribution in [3.63, 3.8) is 0 Å². The van der Waals surface area contributed by atoms with Crippen molar-refractivity contribution in [2.24, 2.45) is 5.92 Å². The molecule has 0 unspecified atom stereocenters.